The van der Waals surface area contributed by atoms with E-state index in [9.17, 15) is 8.42 Å². The lowest BCUT2D eigenvalue weighted by molar-refractivity contribution is 0.346. The van der Waals surface area contributed by atoms with Crippen molar-refractivity contribution in [3.63, 3.8) is 0 Å². The number of thiazole rings is 1. The van der Waals surface area contributed by atoms with E-state index >= 15 is 0 Å². The molecule has 168 valence electrons. The maximum atomic E-state index is 12.7. The van der Waals surface area contributed by atoms with Crippen molar-refractivity contribution >= 4 is 38.1 Å². The number of hydrogen-bond donors (Lipinski definition) is 3. The number of aromatic amines is 1. The van der Waals surface area contributed by atoms with Crippen LogP contribution in [-0.4, -0.2) is 35.5 Å². The van der Waals surface area contributed by atoms with Crippen molar-refractivity contribution in [1.82, 2.24) is 19.7 Å². The molecular weight excluding hydrogens is 456 g/mol. The van der Waals surface area contributed by atoms with Gasteiger partial charge in [-0.2, -0.15) is 5.26 Å². The number of nitrogens with zero attached hydrogens (tertiary/aromatic N) is 3. The zero-order valence-electron chi connectivity index (χ0n) is 17.9. The van der Waals surface area contributed by atoms with Crippen molar-refractivity contribution in [2.24, 2.45) is 0 Å². The fourth-order valence-electron chi connectivity index (χ4n) is 3.97. The molecule has 33 heavy (non-hydrogen) atoms. The molecule has 3 N–H and O–H groups in total. The van der Waals surface area contributed by atoms with Gasteiger partial charge in [0.2, 0.25) is 10.0 Å². The highest BCUT2D eigenvalue weighted by Gasteiger charge is 2.33. The van der Waals surface area contributed by atoms with E-state index < -0.39 is 10.0 Å². The molecule has 3 aromatic heterocycles. The monoisotopic (exact) mass is 478 g/mol. The summed E-state index contributed by atoms with van der Waals surface area (Å²) >= 11 is 1.60. The van der Waals surface area contributed by atoms with Crippen LogP contribution >= 0.6 is 11.3 Å². The van der Waals surface area contributed by atoms with Gasteiger partial charge in [0.15, 0.2) is 0 Å². The predicted molar refractivity (Wildman–Crippen MR) is 128 cm³/mol. The number of sulfonamides is 1. The number of nitriles is 1. The fourth-order valence-corrected chi connectivity index (χ4v) is 6.20. The Kier molecular flexibility index (Phi) is 5.62. The summed E-state index contributed by atoms with van der Waals surface area (Å²) in [5.41, 5.74) is 4.08. The topological polar surface area (TPSA) is 124 Å². The number of nitrogens with one attached hydrogen (secondary N) is 3. The van der Waals surface area contributed by atoms with Crippen molar-refractivity contribution in [2.45, 2.75) is 43.2 Å². The zero-order chi connectivity index (χ0) is 23.0. The Morgan fingerprint density at radius 3 is 2.88 bits per heavy atom. The first kappa shape index (κ1) is 21.6. The largest absolute Gasteiger partial charge is 0.381 e. The molecule has 0 saturated heterocycles. The Morgan fingerprint density at radius 1 is 1.27 bits per heavy atom. The highest BCUT2D eigenvalue weighted by Crippen LogP contribution is 2.37. The molecule has 5 rings (SSSR count). The smallest absolute Gasteiger partial charge is 0.240 e. The molecule has 0 aliphatic heterocycles. The molecule has 1 fully saturated rings. The van der Waals surface area contributed by atoms with Crippen LogP contribution < -0.4 is 10.0 Å². The molecule has 0 atom stereocenters. The van der Waals surface area contributed by atoms with E-state index in [2.05, 4.69) is 32.3 Å². The number of benzene rings is 1. The number of hydrogen-bond acceptors (Lipinski definition) is 7. The summed E-state index contributed by atoms with van der Waals surface area (Å²) < 4.78 is 28.2. The second kappa shape index (κ2) is 8.59. The molecule has 8 nitrogen and oxygen atoms in total. The maximum absolute atomic E-state index is 12.7. The maximum Gasteiger partial charge on any atom is 0.240 e. The van der Waals surface area contributed by atoms with Gasteiger partial charge in [0.1, 0.15) is 10.7 Å². The highest BCUT2D eigenvalue weighted by atomic mass is 32.2. The third-order valence-electron chi connectivity index (χ3n) is 5.81. The molecule has 1 aliphatic rings. The summed E-state index contributed by atoms with van der Waals surface area (Å²) in [4.78, 5) is 12.5. The minimum Gasteiger partial charge on any atom is -0.381 e. The highest BCUT2D eigenvalue weighted by molar-refractivity contribution is 7.89. The first-order valence-electron chi connectivity index (χ1n) is 10.7. The van der Waals surface area contributed by atoms with E-state index in [0.29, 0.717) is 18.4 Å². The minimum absolute atomic E-state index is 0.110. The van der Waals surface area contributed by atoms with E-state index in [1.54, 1.807) is 23.5 Å². The van der Waals surface area contributed by atoms with E-state index in [1.165, 1.54) is 12.1 Å². The van der Waals surface area contributed by atoms with Crippen LogP contribution in [0.15, 0.2) is 53.0 Å². The molecule has 1 aliphatic carbocycles. The van der Waals surface area contributed by atoms with Crippen LogP contribution in [0.1, 0.15) is 31.0 Å². The molecule has 0 amide bonds. The van der Waals surface area contributed by atoms with Gasteiger partial charge in [-0.15, -0.1) is 11.3 Å². The van der Waals surface area contributed by atoms with E-state index in [-0.39, 0.29) is 17.0 Å². The predicted octanol–water partition coefficient (Wildman–Crippen LogP) is 4.04. The van der Waals surface area contributed by atoms with Gasteiger partial charge in [0.05, 0.1) is 33.5 Å². The normalized spacial score (nSPS) is 18.1. The lowest BCUT2D eigenvalue weighted by Crippen LogP contribution is -2.49. The van der Waals surface area contributed by atoms with E-state index in [4.69, 9.17) is 10.2 Å². The Morgan fingerprint density at radius 2 is 2.12 bits per heavy atom. The molecule has 0 spiro atoms. The van der Waals surface area contributed by atoms with Crippen molar-refractivity contribution in [3.8, 4) is 16.6 Å². The van der Waals surface area contributed by atoms with Gasteiger partial charge in [-0.25, -0.2) is 23.1 Å². The Labute approximate surface area is 195 Å². The SMILES string of the molecule is CCc1csc(-c2cnc3[nH]ccc3c2NC2CC(NS(=O)(=O)c3cccc(C#N)c3)C2)n1. The van der Waals surface area contributed by atoms with Crippen LogP contribution in [0.25, 0.3) is 21.6 Å². The van der Waals surface area contributed by atoms with E-state index in [0.717, 1.165) is 39.4 Å². The van der Waals surface area contributed by atoms with Crippen LogP contribution in [-0.2, 0) is 16.4 Å². The standard InChI is InChI=1S/C23H22N6O2S2/c1-2-15-13-32-23(28-15)20-12-26-22-19(6-7-25-22)21(20)27-16-9-17(10-16)29-33(30,31)18-5-3-4-14(8-18)11-24/h3-8,12-13,16-17,29H,2,9-10H2,1H3,(H2,25,26,27). The van der Waals surface area contributed by atoms with Gasteiger partial charge in [0.25, 0.3) is 0 Å². The number of aryl methyl sites for hydroxylation is 1. The molecular formula is C23H22N6O2S2. The fraction of sp³-hybridized carbons (Fsp3) is 0.261. The summed E-state index contributed by atoms with van der Waals surface area (Å²) in [5.74, 6) is 0. The van der Waals surface area contributed by atoms with Crippen LogP contribution in [0.5, 0.6) is 0 Å². The number of fused-ring (bicyclic) bond motifs is 1. The zero-order valence-corrected chi connectivity index (χ0v) is 19.5. The molecule has 3 heterocycles. The number of H-pyrrole nitrogens is 1. The van der Waals surface area contributed by atoms with Gasteiger partial charge < -0.3 is 10.3 Å². The molecule has 4 aromatic rings. The lowest BCUT2D eigenvalue weighted by Gasteiger charge is -2.37. The molecule has 1 saturated carbocycles. The Balaban J connectivity index is 1.32. The van der Waals surface area contributed by atoms with Crippen LogP contribution in [0.3, 0.4) is 0 Å². The molecule has 0 bridgehead atoms. The number of pyridine rings is 1. The second-order valence-corrected chi connectivity index (χ2v) is 10.6. The lowest BCUT2D eigenvalue weighted by atomic mass is 9.87. The van der Waals surface area contributed by atoms with Crippen molar-refractivity contribution < 1.29 is 8.42 Å². The first-order valence-corrected chi connectivity index (χ1v) is 13.0. The molecule has 0 radical (unpaired) electrons. The first-order chi connectivity index (χ1) is 16.0. The molecule has 0 unspecified atom stereocenters. The van der Waals surface area contributed by atoms with Gasteiger partial charge in [-0.1, -0.05) is 13.0 Å². The van der Waals surface area contributed by atoms with Crippen LogP contribution in [0.4, 0.5) is 5.69 Å². The van der Waals surface area contributed by atoms with E-state index in [1.807, 2.05) is 24.5 Å². The Hall–Kier alpha value is -3.26. The van der Waals surface area contributed by atoms with Crippen LogP contribution in [0, 0.1) is 11.3 Å². The van der Waals surface area contributed by atoms with Gasteiger partial charge in [0, 0.05) is 35.2 Å². The van der Waals surface area contributed by atoms with Crippen molar-refractivity contribution in [1.29, 1.82) is 5.26 Å². The number of aromatic nitrogens is 3. The van der Waals surface area contributed by atoms with Gasteiger partial charge in [-0.3, -0.25) is 0 Å². The molecule has 1 aromatic carbocycles. The summed E-state index contributed by atoms with van der Waals surface area (Å²) in [6, 6.07) is 9.97. The average Bonchev–Trinajstić information content (AvgIpc) is 3.47. The average molecular weight is 479 g/mol. The third-order valence-corrected chi connectivity index (χ3v) is 8.26. The Bertz CT molecular complexity index is 1460. The number of rotatable bonds is 7. The summed E-state index contributed by atoms with van der Waals surface area (Å²) in [6.45, 7) is 2.08. The van der Waals surface area contributed by atoms with Crippen LogP contribution in [0.2, 0.25) is 0 Å². The quantitative estimate of drug-likeness (QED) is 0.368. The molecule has 10 heteroatoms. The number of anilines is 1. The van der Waals surface area contributed by atoms with Gasteiger partial charge in [-0.05, 0) is 43.5 Å². The minimum atomic E-state index is -3.68. The van der Waals surface area contributed by atoms with Gasteiger partial charge >= 0.3 is 0 Å². The summed E-state index contributed by atoms with van der Waals surface area (Å²) in [6.07, 6.45) is 5.88. The van der Waals surface area contributed by atoms with Crippen molar-refractivity contribution in [3.05, 3.63) is 59.4 Å². The van der Waals surface area contributed by atoms with Crippen molar-refractivity contribution in [2.75, 3.05) is 5.32 Å². The summed E-state index contributed by atoms with van der Waals surface area (Å²) in [5, 5.41) is 16.6. The third kappa shape index (κ3) is 4.23. The second-order valence-electron chi connectivity index (χ2n) is 8.05. The summed E-state index contributed by atoms with van der Waals surface area (Å²) in [7, 11) is -3.68.